The number of hydrogen-bond donors (Lipinski definition) is 1. The zero-order valence-corrected chi connectivity index (χ0v) is 17.0. The molecule has 4 rings (SSSR count). The van der Waals surface area contributed by atoms with Crippen LogP contribution in [0.3, 0.4) is 0 Å². The summed E-state index contributed by atoms with van der Waals surface area (Å²) < 4.78 is 0. The summed E-state index contributed by atoms with van der Waals surface area (Å²) in [4.78, 5) is 7.45. The van der Waals surface area contributed by atoms with Gasteiger partial charge < -0.3 is 10.2 Å². The lowest BCUT2D eigenvalue weighted by Crippen LogP contribution is -2.47. The number of amidine groups is 1. The van der Waals surface area contributed by atoms with E-state index in [1.165, 1.54) is 42.8 Å². The Kier molecular flexibility index (Phi) is 5.25. The van der Waals surface area contributed by atoms with Crippen LogP contribution in [0, 0.1) is 5.41 Å². The van der Waals surface area contributed by atoms with Gasteiger partial charge >= 0.3 is 0 Å². The van der Waals surface area contributed by atoms with Crippen molar-refractivity contribution in [1.29, 1.82) is 0 Å². The van der Waals surface area contributed by atoms with Crippen molar-refractivity contribution in [3.8, 4) is 0 Å². The van der Waals surface area contributed by atoms with Crippen molar-refractivity contribution in [2.45, 2.75) is 44.7 Å². The summed E-state index contributed by atoms with van der Waals surface area (Å²) >= 11 is 6.15. The number of fused-ring (bicyclic) bond motifs is 1. The summed E-state index contributed by atoms with van der Waals surface area (Å²) in [7, 11) is 4.40. The molecule has 1 N–H and O–H groups in total. The lowest BCUT2D eigenvalue weighted by Gasteiger charge is -2.45. The highest BCUT2D eigenvalue weighted by atomic mass is 35.5. The number of rotatable bonds is 3. The van der Waals surface area contributed by atoms with Gasteiger partial charge in [-0.2, -0.15) is 0 Å². The number of hydrogen-bond acceptors (Lipinski definition) is 2. The maximum Gasteiger partial charge on any atom is 0.108 e. The molecule has 4 heteroatoms. The predicted molar refractivity (Wildman–Crippen MR) is 115 cm³/mol. The Morgan fingerprint density at radius 3 is 2.63 bits per heavy atom. The van der Waals surface area contributed by atoms with Gasteiger partial charge in [0.1, 0.15) is 5.84 Å². The van der Waals surface area contributed by atoms with Crippen molar-refractivity contribution in [3.05, 3.63) is 64.7 Å². The molecule has 2 aliphatic rings. The lowest BCUT2D eigenvalue weighted by molar-refractivity contribution is 0.163. The second kappa shape index (κ2) is 7.65. The van der Waals surface area contributed by atoms with Gasteiger partial charge in [0.05, 0.1) is 6.54 Å². The molecule has 0 aromatic heterocycles. The highest BCUT2D eigenvalue weighted by Crippen LogP contribution is 2.45. The van der Waals surface area contributed by atoms with Gasteiger partial charge in [-0.15, -0.1) is 0 Å². The molecule has 0 amide bonds. The van der Waals surface area contributed by atoms with Gasteiger partial charge in [-0.3, -0.25) is 4.99 Å². The normalized spacial score (nSPS) is 26.2. The number of benzene rings is 2. The zero-order valence-electron chi connectivity index (χ0n) is 16.2. The number of anilines is 1. The van der Waals surface area contributed by atoms with Crippen molar-refractivity contribution in [3.63, 3.8) is 0 Å². The average Bonchev–Trinajstić information content (AvgIpc) is 2.67. The smallest absolute Gasteiger partial charge is 0.108 e. The Balaban J connectivity index is 1.63. The standard InChI is InChI=1S/C23H28ClN3/c1-27(2)20-10-12-23(13-11-20)15-18-7-3-4-9-21(18)26-22(23)25-16-17-6-5-8-19(24)14-17/h3-9,14,20H,10-13,15-16H2,1-2H3,(H,25,26). The second-order valence-corrected chi connectivity index (χ2v) is 8.67. The molecule has 0 unspecified atom stereocenters. The van der Waals surface area contributed by atoms with Crippen molar-refractivity contribution < 1.29 is 0 Å². The third kappa shape index (κ3) is 3.90. The van der Waals surface area contributed by atoms with E-state index in [1.54, 1.807) is 0 Å². The topological polar surface area (TPSA) is 27.6 Å². The van der Waals surface area contributed by atoms with E-state index in [4.69, 9.17) is 16.6 Å². The molecule has 1 fully saturated rings. The zero-order chi connectivity index (χ0) is 18.9. The number of halogens is 1. The van der Waals surface area contributed by atoms with Crippen LogP contribution in [0.5, 0.6) is 0 Å². The number of nitrogens with one attached hydrogen (secondary N) is 1. The predicted octanol–water partition coefficient (Wildman–Crippen LogP) is 5.40. The van der Waals surface area contributed by atoms with Crippen LogP contribution in [-0.4, -0.2) is 30.9 Å². The second-order valence-electron chi connectivity index (χ2n) is 8.23. The Bertz CT molecular complexity index is 835. The highest BCUT2D eigenvalue weighted by Gasteiger charge is 2.43. The number of nitrogens with zero attached hydrogens (tertiary/aromatic N) is 2. The molecule has 1 spiro atoms. The molecule has 142 valence electrons. The molecule has 2 aromatic rings. The summed E-state index contributed by atoms with van der Waals surface area (Å²) in [5.74, 6) is 1.17. The number of aliphatic imine (C=N–C) groups is 1. The maximum atomic E-state index is 6.15. The van der Waals surface area contributed by atoms with E-state index in [-0.39, 0.29) is 5.41 Å². The van der Waals surface area contributed by atoms with Crippen molar-refractivity contribution in [2.24, 2.45) is 10.4 Å². The fraction of sp³-hybridized carbons (Fsp3) is 0.435. The SMILES string of the molecule is CN(C)C1CCC2(CC1)Cc1ccccc1NC2=NCc1cccc(Cl)c1. The van der Waals surface area contributed by atoms with Gasteiger partial charge in [-0.25, -0.2) is 0 Å². The monoisotopic (exact) mass is 381 g/mol. The van der Waals surface area contributed by atoms with Crippen LogP contribution in [-0.2, 0) is 13.0 Å². The van der Waals surface area contributed by atoms with Crippen molar-refractivity contribution in [1.82, 2.24) is 4.90 Å². The summed E-state index contributed by atoms with van der Waals surface area (Å²) in [6.45, 7) is 0.671. The molecule has 0 atom stereocenters. The van der Waals surface area contributed by atoms with E-state index in [1.807, 2.05) is 18.2 Å². The van der Waals surface area contributed by atoms with Crippen molar-refractivity contribution in [2.75, 3.05) is 19.4 Å². The highest BCUT2D eigenvalue weighted by molar-refractivity contribution is 6.30. The molecule has 2 aromatic carbocycles. The Labute approximate surface area is 167 Å². The Hall–Kier alpha value is -1.84. The minimum Gasteiger partial charge on any atom is -0.343 e. The quantitative estimate of drug-likeness (QED) is 0.771. The minimum atomic E-state index is 0.138. The van der Waals surface area contributed by atoms with Gasteiger partial charge in [-0.05, 0) is 75.5 Å². The fourth-order valence-corrected chi connectivity index (χ4v) is 4.82. The summed E-state index contributed by atoms with van der Waals surface area (Å²) in [6, 6.07) is 17.4. The molecule has 1 aliphatic heterocycles. The third-order valence-electron chi connectivity index (χ3n) is 6.25. The van der Waals surface area contributed by atoms with Crippen LogP contribution in [0.15, 0.2) is 53.5 Å². The van der Waals surface area contributed by atoms with Gasteiger partial charge in [0, 0.05) is 22.2 Å². The maximum absolute atomic E-state index is 6.15. The van der Waals surface area contributed by atoms with Crippen LogP contribution >= 0.6 is 11.6 Å². The van der Waals surface area contributed by atoms with Gasteiger partial charge in [-0.1, -0.05) is 41.9 Å². The summed E-state index contributed by atoms with van der Waals surface area (Å²) in [5.41, 5.74) is 3.93. The van der Waals surface area contributed by atoms with Crippen LogP contribution in [0.25, 0.3) is 0 Å². The fourth-order valence-electron chi connectivity index (χ4n) is 4.60. The van der Waals surface area contributed by atoms with Crippen LogP contribution in [0.4, 0.5) is 5.69 Å². The molecule has 27 heavy (non-hydrogen) atoms. The van der Waals surface area contributed by atoms with E-state index in [0.29, 0.717) is 12.6 Å². The van der Waals surface area contributed by atoms with Gasteiger partial charge in [0.25, 0.3) is 0 Å². The molecular weight excluding hydrogens is 354 g/mol. The first-order valence-corrected chi connectivity index (χ1v) is 10.2. The van der Waals surface area contributed by atoms with E-state index in [2.05, 4.69) is 54.6 Å². The van der Waals surface area contributed by atoms with Crippen LogP contribution in [0.2, 0.25) is 5.02 Å². The van der Waals surface area contributed by atoms with E-state index >= 15 is 0 Å². The summed E-state index contributed by atoms with van der Waals surface area (Å²) in [6.07, 6.45) is 5.92. The molecule has 1 heterocycles. The van der Waals surface area contributed by atoms with Gasteiger partial charge in [0.15, 0.2) is 0 Å². The molecule has 0 saturated heterocycles. The first-order chi connectivity index (χ1) is 13.1. The first-order valence-electron chi connectivity index (χ1n) is 9.86. The first kappa shape index (κ1) is 18.5. The largest absolute Gasteiger partial charge is 0.343 e. The van der Waals surface area contributed by atoms with Crippen LogP contribution < -0.4 is 5.32 Å². The molecule has 3 nitrogen and oxygen atoms in total. The third-order valence-corrected chi connectivity index (χ3v) is 6.49. The minimum absolute atomic E-state index is 0.138. The molecule has 1 aliphatic carbocycles. The molecular formula is C23H28ClN3. The van der Waals surface area contributed by atoms with E-state index < -0.39 is 0 Å². The summed E-state index contributed by atoms with van der Waals surface area (Å²) in [5, 5.41) is 4.46. The molecule has 0 radical (unpaired) electrons. The lowest BCUT2D eigenvalue weighted by atomic mass is 9.66. The Morgan fingerprint density at radius 1 is 1.11 bits per heavy atom. The molecule has 0 bridgehead atoms. The van der Waals surface area contributed by atoms with Crippen LogP contribution in [0.1, 0.15) is 36.8 Å². The van der Waals surface area contributed by atoms with E-state index in [0.717, 1.165) is 17.0 Å². The van der Waals surface area contributed by atoms with Gasteiger partial charge in [0.2, 0.25) is 0 Å². The van der Waals surface area contributed by atoms with Crippen molar-refractivity contribution >= 4 is 23.1 Å². The van der Waals surface area contributed by atoms with E-state index in [9.17, 15) is 0 Å². The number of para-hydroxylation sites is 1. The average molecular weight is 382 g/mol. The molecule has 1 saturated carbocycles. The Morgan fingerprint density at radius 2 is 1.89 bits per heavy atom.